The van der Waals surface area contributed by atoms with Gasteiger partial charge in [0, 0.05) is 0 Å². The Kier molecular flexibility index (Phi) is 7.05. The maximum Gasteiger partial charge on any atom is 0.344 e. The number of nitrogens with one attached hydrogen (secondary N) is 1. The molecule has 1 N–H and O–H groups in total. The SMILES string of the molecule is CCOC(=O)COc1ccc(/C=N/NC(=O)Cc2ccc3c(c2)OCCO3)cc1. The van der Waals surface area contributed by atoms with Crippen LogP contribution in [0.5, 0.6) is 17.2 Å². The zero-order chi connectivity index (χ0) is 20.5. The molecule has 3 rings (SSSR count). The van der Waals surface area contributed by atoms with E-state index >= 15 is 0 Å². The van der Waals surface area contributed by atoms with Crippen LogP contribution in [0.3, 0.4) is 0 Å². The number of ether oxygens (including phenoxy) is 4. The number of hydrogen-bond acceptors (Lipinski definition) is 7. The third kappa shape index (κ3) is 6.24. The first-order valence-corrected chi connectivity index (χ1v) is 9.23. The summed E-state index contributed by atoms with van der Waals surface area (Å²) in [6.45, 7) is 2.94. The summed E-state index contributed by atoms with van der Waals surface area (Å²) in [5.74, 6) is 1.22. The molecule has 0 saturated carbocycles. The number of carbonyl (C=O) groups is 2. The number of fused-ring (bicyclic) bond motifs is 1. The van der Waals surface area contributed by atoms with Gasteiger partial charge in [-0.3, -0.25) is 4.79 Å². The molecule has 8 nitrogen and oxygen atoms in total. The Hall–Kier alpha value is -3.55. The molecule has 1 aliphatic heterocycles. The molecule has 0 aromatic heterocycles. The van der Waals surface area contributed by atoms with Crippen LogP contribution in [-0.4, -0.2) is 44.5 Å². The Morgan fingerprint density at radius 1 is 1.10 bits per heavy atom. The molecule has 0 spiro atoms. The third-order valence-electron chi connectivity index (χ3n) is 3.92. The average molecular weight is 398 g/mol. The fourth-order valence-electron chi connectivity index (χ4n) is 2.60. The highest BCUT2D eigenvalue weighted by Crippen LogP contribution is 2.30. The number of amides is 1. The van der Waals surface area contributed by atoms with Crippen LogP contribution < -0.4 is 19.6 Å². The summed E-state index contributed by atoms with van der Waals surface area (Å²) in [7, 11) is 0. The Balaban J connectivity index is 1.45. The Bertz CT molecular complexity index is 879. The minimum atomic E-state index is -0.418. The molecular formula is C21H22N2O6. The van der Waals surface area contributed by atoms with Crippen LogP contribution in [0.25, 0.3) is 0 Å². The van der Waals surface area contributed by atoms with Gasteiger partial charge in [0.2, 0.25) is 5.91 Å². The summed E-state index contributed by atoms with van der Waals surface area (Å²) in [5, 5.41) is 3.96. The lowest BCUT2D eigenvalue weighted by Gasteiger charge is -2.18. The van der Waals surface area contributed by atoms with Crippen LogP contribution in [0.15, 0.2) is 47.6 Å². The van der Waals surface area contributed by atoms with Crippen molar-refractivity contribution in [1.82, 2.24) is 5.43 Å². The molecule has 0 bridgehead atoms. The third-order valence-corrected chi connectivity index (χ3v) is 3.92. The lowest BCUT2D eigenvalue weighted by Crippen LogP contribution is -2.20. The van der Waals surface area contributed by atoms with Crippen molar-refractivity contribution in [1.29, 1.82) is 0 Å². The minimum Gasteiger partial charge on any atom is -0.486 e. The standard InChI is InChI=1S/C21H22N2O6/c1-2-26-21(25)14-29-17-6-3-15(4-7-17)13-22-23-20(24)12-16-5-8-18-19(11-16)28-10-9-27-18/h3-8,11,13H,2,9-10,12,14H2,1H3,(H,23,24)/b22-13+. The van der Waals surface area contributed by atoms with Crippen molar-refractivity contribution in [3.8, 4) is 17.2 Å². The molecule has 0 atom stereocenters. The van der Waals surface area contributed by atoms with Crippen molar-refractivity contribution in [3.05, 3.63) is 53.6 Å². The molecule has 2 aromatic rings. The van der Waals surface area contributed by atoms with Gasteiger partial charge in [-0.25, -0.2) is 10.2 Å². The molecule has 0 radical (unpaired) electrons. The van der Waals surface area contributed by atoms with Gasteiger partial charge in [-0.2, -0.15) is 5.10 Å². The van der Waals surface area contributed by atoms with Crippen LogP contribution in [-0.2, 0) is 20.7 Å². The monoisotopic (exact) mass is 398 g/mol. The Morgan fingerprint density at radius 3 is 2.62 bits per heavy atom. The number of carbonyl (C=O) groups excluding carboxylic acids is 2. The van der Waals surface area contributed by atoms with Crippen LogP contribution in [0, 0.1) is 0 Å². The topological polar surface area (TPSA) is 95.5 Å². The highest BCUT2D eigenvalue weighted by molar-refractivity contribution is 5.83. The van der Waals surface area contributed by atoms with Crippen LogP contribution in [0.4, 0.5) is 0 Å². The second-order valence-corrected chi connectivity index (χ2v) is 6.11. The van der Waals surface area contributed by atoms with Gasteiger partial charge in [0.25, 0.3) is 0 Å². The summed E-state index contributed by atoms with van der Waals surface area (Å²) in [6.07, 6.45) is 1.70. The normalized spacial score (nSPS) is 12.4. The first-order valence-electron chi connectivity index (χ1n) is 9.23. The first kappa shape index (κ1) is 20.2. The maximum atomic E-state index is 12.1. The van der Waals surface area contributed by atoms with Gasteiger partial charge in [-0.15, -0.1) is 0 Å². The highest BCUT2D eigenvalue weighted by atomic mass is 16.6. The van der Waals surface area contributed by atoms with Crippen LogP contribution in [0.2, 0.25) is 0 Å². The van der Waals surface area contributed by atoms with E-state index in [-0.39, 0.29) is 18.9 Å². The van der Waals surface area contributed by atoms with E-state index in [0.717, 1.165) is 11.1 Å². The fourth-order valence-corrected chi connectivity index (χ4v) is 2.60. The zero-order valence-corrected chi connectivity index (χ0v) is 16.1. The van der Waals surface area contributed by atoms with Crippen molar-refractivity contribution in [2.45, 2.75) is 13.3 Å². The zero-order valence-electron chi connectivity index (χ0n) is 16.1. The van der Waals surface area contributed by atoms with Crippen molar-refractivity contribution in [2.24, 2.45) is 5.10 Å². The van der Waals surface area contributed by atoms with E-state index < -0.39 is 5.97 Å². The van der Waals surface area contributed by atoms with Gasteiger partial charge in [-0.1, -0.05) is 6.07 Å². The molecule has 152 valence electrons. The summed E-state index contributed by atoms with van der Waals surface area (Å²) < 4.78 is 21.1. The van der Waals surface area contributed by atoms with Gasteiger partial charge >= 0.3 is 5.97 Å². The first-order chi connectivity index (χ1) is 14.1. The second kappa shape index (κ2) is 10.1. The number of benzene rings is 2. The molecule has 0 unspecified atom stereocenters. The molecular weight excluding hydrogens is 376 g/mol. The van der Waals surface area contributed by atoms with E-state index in [9.17, 15) is 9.59 Å². The lowest BCUT2D eigenvalue weighted by molar-refractivity contribution is -0.145. The predicted octanol–water partition coefficient (Wildman–Crippen LogP) is 2.09. The summed E-state index contributed by atoms with van der Waals surface area (Å²) in [4.78, 5) is 23.3. The number of rotatable bonds is 8. The van der Waals surface area contributed by atoms with E-state index in [0.29, 0.717) is 37.1 Å². The molecule has 1 aliphatic rings. The molecule has 1 heterocycles. The molecule has 0 aliphatic carbocycles. The largest absolute Gasteiger partial charge is 0.486 e. The highest BCUT2D eigenvalue weighted by Gasteiger charge is 2.13. The second-order valence-electron chi connectivity index (χ2n) is 6.11. The quantitative estimate of drug-likeness (QED) is 0.416. The van der Waals surface area contributed by atoms with Gasteiger partial charge in [0.15, 0.2) is 18.1 Å². The smallest absolute Gasteiger partial charge is 0.344 e. The van der Waals surface area contributed by atoms with Crippen molar-refractivity contribution >= 4 is 18.1 Å². The van der Waals surface area contributed by atoms with Crippen LogP contribution in [0.1, 0.15) is 18.1 Å². The van der Waals surface area contributed by atoms with E-state index in [1.807, 2.05) is 6.07 Å². The summed E-state index contributed by atoms with van der Waals surface area (Å²) in [5.41, 5.74) is 4.08. The summed E-state index contributed by atoms with van der Waals surface area (Å²) >= 11 is 0. The fraction of sp³-hybridized carbons (Fsp3) is 0.286. The lowest BCUT2D eigenvalue weighted by atomic mass is 10.1. The number of hydrazone groups is 1. The molecule has 1 amide bonds. The maximum absolute atomic E-state index is 12.1. The van der Waals surface area contributed by atoms with E-state index in [2.05, 4.69) is 10.5 Å². The molecule has 2 aromatic carbocycles. The van der Waals surface area contributed by atoms with Crippen molar-refractivity contribution in [3.63, 3.8) is 0 Å². The van der Waals surface area contributed by atoms with E-state index in [4.69, 9.17) is 18.9 Å². The summed E-state index contributed by atoms with van der Waals surface area (Å²) in [6, 6.07) is 12.4. The average Bonchev–Trinajstić information content (AvgIpc) is 2.73. The predicted molar refractivity (Wildman–Crippen MR) is 105 cm³/mol. The van der Waals surface area contributed by atoms with Gasteiger partial charge in [0.1, 0.15) is 19.0 Å². The number of esters is 1. The van der Waals surface area contributed by atoms with Crippen molar-refractivity contribution in [2.75, 3.05) is 26.4 Å². The minimum absolute atomic E-state index is 0.142. The molecule has 8 heteroatoms. The Morgan fingerprint density at radius 2 is 1.86 bits per heavy atom. The van der Waals surface area contributed by atoms with Gasteiger partial charge < -0.3 is 18.9 Å². The molecule has 0 saturated heterocycles. The van der Waals surface area contributed by atoms with Gasteiger partial charge in [0.05, 0.1) is 19.2 Å². The van der Waals surface area contributed by atoms with Crippen molar-refractivity contribution < 1.29 is 28.5 Å². The number of hydrogen-bond donors (Lipinski definition) is 1. The number of nitrogens with zero attached hydrogens (tertiary/aromatic N) is 1. The van der Waals surface area contributed by atoms with E-state index in [1.165, 1.54) is 6.21 Å². The Labute approximate surface area is 168 Å². The van der Waals surface area contributed by atoms with E-state index in [1.54, 1.807) is 43.3 Å². The molecule has 0 fully saturated rings. The van der Waals surface area contributed by atoms with Gasteiger partial charge in [-0.05, 0) is 54.4 Å². The molecule has 29 heavy (non-hydrogen) atoms. The van der Waals surface area contributed by atoms with Crippen LogP contribution >= 0.6 is 0 Å².